The third kappa shape index (κ3) is 5.80. The lowest BCUT2D eigenvalue weighted by molar-refractivity contribution is 0.315. The highest BCUT2D eigenvalue weighted by Gasteiger charge is 2.08. The van der Waals surface area contributed by atoms with Crippen LogP contribution in [0.1, 0.15) is 27.2 Å². The summed E-state index contributed by atoms with van der Waals surface area (Å²) in [6, 6.07) is 0. The maximum absolute atomic E-state index is 8.41. The molecule has 0 heterocycles. The molecule has 0 aromatic carbocycles. The highest BCUT2D eigenvalue weighted by atomic mass is 32.2. The van der Waals surface area contributed by atoms with E-state index >= 15 is 0 Å². The monoisotopic (exact) mass is 204 g/mol. The summed E-state index contributed by atoms with van der Waals surface area (Å²) in [7, 11) is 0. The lowest BCUT2D eigenvalue weighted by atomic mass is 10.2. The first-order chi connectivity index (χ1) is 6.11. The predicted octanol–water partition coefficient (Wildman–Crippen LogP) is 2.15. The van der Waals surface area contributed by atoms with Crippen molar-refractivity contribution in [1.82, 2.24) is 0 Å². The molecule has 3 nitrogen and oxygen atoms in total. The van der Waals surface area contributed by atoms with Crippen LogP contribution in [0.15, 0.2) is 5.16 Å². The highest BCUT2D eigenvalue weighted by molar-refractivity contribution is 7.99. The first kappa shape index (κ1) is 12.6. The predicted molar refractivity (Wildman–Crippen MR) is 59.4 cm³/mol. The van der Waals surface area contributed by atoms with Crippen LogP contribution in [0, 0.1) is 11.8 Å². The molecule has 0 aromatic rings. The van der Waals surface area contributed by atoms with E-state index < -0.39 is 0 Å². The van der Waals surface area contributed by atoms with Crippen LogP contribution >= 0.6 is 11.8 Å². The van der Waals surface area contributed by atoms with Crippen molar-refractivity contribution in [1.29, 1.82) is 0 Å². The first-order valence-electron chi connectivity index (χ1n) is 4.66. The second kappa shape index (κ2) is 7.06. The van der Waals surface area contributed by atoms with Crippen LogP contribution in [0.3, 0.4) is 0 Å². The second-order valence-corrected chi connectivity index (χ2v) is 4.55. The van der Waals surface area contributed by atoms with E-state index in [1.165, 1.54) is 6.42 Å². The normalized spacial score (nSPS) is 17.0. The van der Waals surface area contributed by atoms with Gasteiger partial charge in [0.1, 0.15) is 5.84 Å². The van der Waals surface area contributed by atoms with Crippen LogP contribution in [0.5, 0.6) is 0 Å². The Morgan fingerprint density at radius 2 is 2.08 bits per heavy atom. The molecule has 0 aliphatic heterocycles. The van der Waals surface area contributed by atoms with Crippen molar-refractivity contribution in [3.63, 3.8) is 0 Å². The SMILES string of the molecule is CCC(C)CSCC(C)C(N)=NO. The van der Waals surface area contributed by atoms with Crippen molar-refractivity contribution in [3.05, 3.63) is 0 Å². The zero-order valence-corrected chi connectivity index (χ0v) is 9.47. The van der Waals surface area contributed by atoms with Crippen LogP contribution in [-0.2, 0) is 0 Å². The molecule has 4 heteroatoms. The summed E-state index contributed by atoms with van der Waals surface area (Å²) >= 11 is 1.87. The van der Waals surface area contributed by atoms with Crippen LogP contribution in [-0.4, -0.2) is 22.5 Å². The number of oxime groups is 1. The molecule has 0 aliphatic rings. The zero-order valence-electron chi connectivity index (χ0n) is 8.66. The lowest BCUT2D eigenvalue weighted by Gasteiger charge is -2.11. The fraction of sp³-hybridized carbons (Fsp3) is 0.889. The molecule has 0 rings (SSSR count). The Labute approximate surface area is 84.8 Å². The third-order valence-electron chi connectivity index (χ3n) is 2.09. The van der Waals surface area contributed by atoms with E-state index in [9.17, 15) is 0 Å². The second-order valence-electron chi connectivity index (χ2n) is 3.48. The molecular formula is C9H20N2OS. The van der Waals surface area contributed by atoms with Crippen molar-refractivity contribution in [2.45, 2.75) is 27.2 Å². The van der Waals surface area contributed by atoms with Gasteiger partial charge in [0.25, 0.3) is 0 Å². The number of nitrogens with zero attached hydrogens (tertiary/aromatic N) is 1. The quantitative estimate of drug-likeness (QED) is 0.302. The minimum Gasteiger partial charge on any atom is -0.409 e. The van der Waals surface area contributed by atoms with E-state index in [2.05, 4.69) is 19.0 Å². The van der Waals surface area contributed by atoms with Gasteiger partial charge in [-0.1, -0.05) is 32.3 Å². The molecule has 2 atom stereocenters. The molecule has 0 radical (unpaired) electrons. The molecule has 0 bridgehead atoms. The standard InChI is InChI=1S/C9H20N2OS/c1-4-7(2)5-13-6-8(3)9(10)11-12/h7-8,12H,4-6H2,1-3H3,(H2,10,11). The van der Waals surface area contributed by atoms with E-state index in [1.807, 2.05) is 18.7 Å². The zero-order chi connectivity index (χ0) is 10.3. The summed E-state index contributed by atoms with van der Waals surface area (Å²) in [6.45, 7) is 6.40. The molecular weight excluding hydrogens is 184 g/mol. The molecule has 78 valence electrons. The Morgan fingerprint density at radius 3 is 2.54 bits per heavy atom. The summed E-state index contributed by atoms with van der Waals surface area (Å²) in [6.07, 6.45) is 1.21. The first-order valence-corrected chi connectivity index (χ1v) is 5.82. The molecule has 0 fully saturated rings. The van der Waals surface area contributed by atoms with Crippen molar-refractivity contribution >= 4 is 17.6 Å². The minimum atomic E-state index is 0.166. The van der Waals surface area contributed by atoms with Gasteiger partial charge < -0.3 is 10.9 Å². The summed E-state index contributed by atoms with van der Waals surface area (Å²) in [5.74, 6) is 3.33. The Morgan fingerprint density at radius 1 is 1.46 bits per heavy atom. The van der Waals surface area contributed by atoms with Gasteiger partial charge in [-0.2, -0.15) is 11.8 Å². The maximum atomic E-state index is 8.41. The lowest BCUT2D eigenvalue weighted by Crippen LogP contribution is -2.23. The molecule has 0 amide bonds. The molecule has 0 aliphatic carbocycles. The van der Waals surface area contributed by atoms with Crippen molar-refractivity contribution in [2.75, 3.05) is 11.5 Å². The van der Waals surface area contributed by atoms with Crippen LogP contribution < -0.4 is 5.73 Å². The summed E-state index contributed by atoms with van der Waals surface area (Å²) in [4.78, 5) is 0. The van der Waals surface area contributed by atoms with E-state index in [1.54, 1.807) is 0 Å². The fourth-order valence-electron chi connectivity index (χ4n) is 0.748. The van der Waals surface area contributed by atoms with Crippen LogP contribution in [0.25, 0.3) is 0 Å². The maximum Gasteiger partial charge on any atom is 0.142 e. The van der Waals surface area contributed by atoms with Gasteiger partial charge in [-0.25, -0.2) is 0 Å². The van der Waals surface area contributed by atoms with Gasteiger partial charge in [-0.05, 0) is 11.7 Å². The van der Waals surface area contributed by atoms with Crippen molar-refractivity contribution in [3.8, 4) is 0 Å². The van der Waals surface area contributed by atoms with Gasteiger partial charge in [-0.3, -0.25) is 0 Å². The molecule has 0 spiro atoms. The fourth-order valence-corrected chi connectivity index (χ4v) is 2.05. The number of hydrogen-bond donors (Lipinski definition) is 2. The Balaban J connectivity index is 3.53. The van der Waals surface area contributed by atoms with Gasteiger partial charge >= 0.3 is 0 Å². The minimum absolute atomic E-state index is 0.166. The van der Waals surface area contributed by atoms with Gasteiger partial charge in [0.2, 0.25) is 0 Å². The van der Waals surface area contributed by atoms with E-state index in [0.717, 1.165) is 17.4 Å². The number of amidine groups is 1. The van der Waals surface area contributed by atoms with Gasteiger partial charge in [-0.15, -0.1) is 0 Å². The molecule has 13 heavy (non-hydrogen) atoms. The highest BCUT2D eigenvalue weighted by Crippen LogP contribution is 2.14. The number of rotatable bonds is 6. The topological polar surface area (TPSA) is 58.6 Å². The van der Waals surface area contributed by atoms with Crippen molar-refractivity contribution < 1.29 is 5.21 Å². The molecule has 0 aromatic heterocycles. The number of nitrogens with two attached hydrogens (primary N) is 1. The average molecular weight is 204 g/mol. The Hall–Kier alpha value is -0.380. The molecule has 2 unspecified atom stereocenters. The van der Waals surface area contributed by atoms with E-state index in [4.69, 9.17) is 10.9 Å². The molecule has 0 saturated carbocycles. The number of thioether (sulfide) groups is 1. The summed E-state index contributed by atoms with van der Waals surface area (Å²) < 4.78 is 0. The largest absolute Gasteiger partial charge is 0.409 e. The summed E-state index contributed by atoms with van der Waals surface area (Å²) in [5.41, 5.74) is 5.45. The van der Waals surface area contributed by atoms with E-state index in [0.29, 0.717) is 5.84 Å². The van der Waals surface area contributed by atoms with Gasteiger partial charge in [0.05, 0.1) is 0 Å². The van der Waals surface area contributed by atoms with Gasteiger partial charge in [0.15, 0.2) is 0 Å². The van der Waals surface area contributed by atoms with Crippen molar-refractivity contribution in [2.24, 2.45) is 22.7 Å². The Kier molecular flexibility index (Phi) is 6.86. The average Bonchev–Trinajstić information content (AvgIpc) is 2.15. The number of hydrogen-bond acceptors (Lipinski definition) is 3. The Bertz CT molecular complexity index is 162. The molecule has 0 saturated heterocycles. The van der Waals surface area contributed by atoms with E-state index in [-0.39, 0.29) is 5.92 Å². The smallest absolute Gasteiger partial charge is 0.142 e. The van der Waals surface area contributed by atoms with Crippen LogP contribution in [0.2, 0.25) is 0 Å². The van der Waals surface area contributed by atoms with Gasteiger partial charge in [0, 0.05) is 11.7 Å². The van der Waals surface area contributed by atoms with Crippen LogP contribution in [0.4, 0.5) is 0 Å². The summed E-state index contributed by atoms with van der Waals surface area (Å²) in [5, 5.41) is 11.4. The third-order valence-corrected chi connectivity index (χ3v) is 3.63. The molecule has 3 N–H and O–H groups in total.